The standard InChI is InChI=1S/C7H14N2O4S/c1-14-3-2-5(8)7(12)9(13)4-6(10)11/h5,13H,2-4,8H2,1H3,(H,10,11)/t5-/m0/s1. The molecule has 0 saturated heterocycles. The molecule has 1 amide bonds. The number of carboxylic acids is 1. The number of nitrogens with zero attached hydrogens (tertiary/aromatic N) is 1. The Labute approximate surface area is 86.0 Å². The third-order valence-corrected chi connectivity index (χ3v) is 2.13. The van der Waals surface area contributed by atoms with E-state index in [1.165, 1.54) is 11.8 Å². The minimum Gasteiger partial charge on any atom is -0.480 e. The zero-order valence-corrected chi connectivity index (χ0v) is 8.66. The fraction of sp³-hybridized carbons (Fsp3) is 0.714. The van der Waals surface area contributed by atoms with E-state index in [0.717, 1.165) is 0 Å². The van der Waals surface area contributed by atoms with E-state index in [-0.39, 0.29) is 5.06 Å². The zero-order valence-electron chi connectivity index (χ0n) is 7.84. The van der Waals surface area contributed by atoms with E-state index < -0.39 is 24.5 Å². The predicted octanol–water partition coefficient (Wildman–Crippen LogP) is -0.631. The van der Waals surface area contributed by atoms with Crippen molar-refractivity contribution < 1.29 is 19.9 Å². The van der Waals surface area contributed by atoms with Crippen molar-refractivity contribution in [1.29, 1.82) is 0 Å². The molecule has 14 heavy (non-hydrogen) atoms. The lowest BCUT2D eigenvalue weighted by atomic mass is 10.2. The number of carbonyl (C=O) groups is 2. The first-order valence-corrected chi connectivity index (χ1v) is 5.35. The Hall–Kier alpha value is -0.790. The van der Waals surface area contributed by atoms with Gasteiger partial charge in [-0.25, -0.2) is 5.06 Å². The van der Waals surface area contributed by atoms with Crippen molar-refractivity contribution in [2.75, 3.05) is 18.6 Å². The molecule has 0 saturated carbocycles. The van der Waals surface area contributed by atoms with Crippen LogP contribution >= 0.6 is 11.8 Å². The molecule has 0 aliphatic heterocycles. The highest BCUT2D eigenvalue weighted by Gasteiger charge is 2.20. The Morgan fingerprint density at radius 3 is 2.57 bits per heavy atom. The van der Waals surface area contributed by atoms with E-state index in [9.17, 15) is 9.59 Å². The number of rotatable bonds is 6. The van der Waals surface area contributed by atoms with E-state index in [1.807, 2.05) is 6.26 Å². The smallest absolute Gasteiger partial charge is 0.325 e. The van der Waals surface area contributed by atoms with Crippen molar-refractivity contribution >= 4 is 23.6 Å². The van der Waals surface area contributed by atoms with Gasteiger partial charge < -0.3 is 10.8 Å². The first kappa shape index (κ1) is 13.2. The summed E-state index contributed by atoms with van der Waals surface area (Å²) in [5.41, 5.74) is 5.42. The molecular weight excluding hydrogens is 208 g/mol. The second kappa shape index (κ2) is 6.63. The molecule has 0 rings (SSSR count). The first-order chi connectivity index (χ1) is 6.49. The summed E-state index contributed by atoms with van der Waals surface area (Å²) in [6.45, 7) is -0.744. The van der Waals surface area contributed by atoms with Gasteiger partial charge in [0.2, 0.25) is 0 Å². The molecule has 0 radical (unpaired) electrons. The molecule has 4 N–H and O–H groups in total. The van der Waals surface area contributed by atoms with Gasteiger partial charge in [-0.05, 0) is 18.4 Å². The third kappa shape index (κ3) is 5.05. The van der Waals surface area contributed by atoms with Crippen LogP contribution in [0.5, 0.6) is 0 Å². The highest BCUT2D eigenvalue weighted by molar-refractivity contribution is 7.98. The average Bonchev–Trinajstić information content (AvgIpc) is 2.11. The maximum atomic E-state index is 11.2. The number of nitrogens with two attached hydrogens (primary N) is 1. The molecular formula is C7H14N2O4S. The molecule has 0 spiro atoms. The van der Waals surface area contributed by atoms with Gasteiger partial charge in [0.05, 0.1) is 6.04 Å². The van der Waals surface area contributed by atoms with Gasteiger partial charge in [-0.1, -0.05) is 0 Å². The highest BCUT2D eigenvalue weighted by atomic mass is 32.2. The maximum absolute atomic E-state index is 11.2. The SMILES string of the molecule is CSCC[C@H](N)C(=O)N(O)CC(=O)O. The van der Waals surface area contributed by atoms with Crippen molar-refractivity contribution in [2.24, 2.45) is 5.73 Å². The first-order valence-electron chi connectivity index (χ1n) is 3.95. The minimum absolute atomic E-state index is 0.132. The second-order valence-electron chi connectivity index (χ2n) is 2.68. The molecule has 82 valence electrons. The molecule has 0 aromatic carbocycles. The lowest BCUT2D eigenvalue weighted by molar-refractivity contribution is -0.174. The average molecular weight is 222 g/mol. The van der Waals surface area contributed by atoms with Crippen LogP contribution in [-0.4, -0.2) is 51.8 Å². The number of hydrogen-bond donors (Lipinski definition) is 3. The van der Waals surface area contributed by atoms with Gasteiger partial charge in [-0.3, -0.25) is 14.8 Å². The molecule has 0 unspecified atom stereocenters. The quantitative estimate of drug-likeness (QED) is 0.408. The summed E-state index contributed by atoms with van der Waals surface area (Å²) in [4.78, 5) is 21.3. The third-order valence-electron chi connectivity index (χ3n) is 1.49. The molecule has 0 aliphatic carbocycles. The number of carboxylic acid groups (broad SMARTS) is 1. The number of hydrogen-bond acceptors (Lipinski definition) is 5. The lowest BCUT2D eigenvalue weighted by Crippen LogP contribution is -2.44. The van der Waals surface area contributed by atoms with Gasteiger partial charge in [0.25, 0.3) is 5.91 Å². The minimum atomic E-state index is -1.28. The van der Waals surface area contributed by atoms with Crippen LogP contribution in [-0.2, 0) is 9.59 Å². The van der Waals surface area contributed by atoms with Crippen molar-refractivity contribution in [3.05, 3.63) is 0 Å². The highest BCUT2D eigenvalue weighted by Crippen LogP contribution is 2.01. The molecule has 1 atom stereocenters. The number of aliphatic carboxylic acids is 1. The summed E-state index contributed by atoms with van der Waals surface area (Å²) in [5, 5.41) is 17.4. The molecule has 0 aromatic rings. The van der Waals surface area contributed by atoms with Crippen LogP contribution in [0.1, 0.15) is 6.42 Å². The molecule has 0 heterocycles. The molecule has 0 fully saturated rings. The lowest BCUT2D eigenvalue weighted by Gasteiger charge is -2.16. The number of hydroxylamine groups is 2. The van der Waals surface area contributed by atoms with Crippen LogP contribution in [0.15, 0.2) is 0 Å². The Morgan fingerprint density at radius 1 is 1.57 bits per heavy atom. The zero-order chi connectivity index (χ0) is 11.1. The van der Waals surface area contributed by atoms with Crippen molar-refractivity contribution in [3.63, 3.8) is 0 Å². The summed E-state index contributed by atoms with van der Waals surface area (Å²) in [5.74, 6) is -1.35. The number of thioether (sulfide) groups is 1. The van der Waals surface area contributed by atoms with Crippen molar-refractivity contribution in [1.82, 2.24) is 5.06 Å². The van der Waals surface area contributed by atoms with Crippen LogP contribution in [0.2, 0.25) is 0 Å². The predicted molar refractivity (Wildman–Crippen MR) is 52.1 cm³/mol. The molecule has 0 bridgehead atoms. The van der Waals surface area contributed by atoms with Gasteiger partial charge in [-0.2, -0.15) is 11.8 Å². The largest absolute Gasteiger partial charge is 0.480 e. The summed E-state index contributed by atoms with van der Waals surface area (Å²) in [6, 6.07) is -0.841. The number of amides is 1. The Morgan fingerprint density at radius 2 is 2.14 bits per heavy atom. The van der Waals surface area contributed by atoms with Gasteiger partial charge >= 0.3 is 5.97 Å². The van der Waals surface area contributed by atoms with Gasteiger partial charge in [0.15, 0.2) is 0 Å². The van der Waals surface area contributed by atoms with E-state index in [0.29, 0.717) is 12.2 Å². The number of carbonyl (C=O) groups excluding carboxylic acids is 1. The molecule has 0 aliphatic rings. The summed E-state index contributed by atoms with van der Waals surface area (Å²) >= 11 is 1.52. The molecule has 6 nitrogen and oxygen atoms in total. The van der Waals surface area contributed by atoms with E-state index >= 15 is 0 Å². The van der Waals surface area contributed by atoms with Crippen molar-refractivity contribution in [3.8, 4) is 0 Å². The van der Waals surface area contributed by atoms with E-state index in [1.54, 1.807) is 0 Å². The van der Waals surface area contributed by atoms with Gasteiger partial charge in [0.1, 0.15) is 6.54 Å². The van der Waals surface area contributed by atoms with E-state index in [2.05, 4.69) is 0 Å². The summed E-state index contributed by atoms with van der Waals surface area (Å²) in [6.07, 6.45) is 2.28. The second-order valence-corrected chi connectivity index (χ2v) is 3.66. The Bertz CT molecular complexity index is 212. The van der Waals surface area contributed by atoms with Gasteiger partial charge in [-0.15, -0.1) is 0 Å². The Balaban J connectivity index is 3.97. The van der Waals surface area contributed by atoms with Crippen LogP contribution in [0.3, 0.4) is 0 Å². The molecule has 0 aromatic heterocycles. The fourth-order valence-corrected chi connectivity index (χ4v) is 1.26. The van der Waals surface area contributed by atoms with Crippen LogP contribution in [0.25, 0.3) is 0 Å². The van der Waals surface area contributed by atoms with Crippen molar-refractivity contribution in [2.45, 2.75) is 12.5 Å². The summed E-state index contributed by atoms with van der Waals surface area (Å²) < 4.78 is 0. The summed E-state index contributed by atoms with van der Waals surface area (Å²) in [7, 11) is 0. The van der Waals surface area contributed by atoms with E-state index in [4.69, 9.17) is 16.0 Å². The Kier molecular flexibility index (Phi) is 6.26. The van der Waals surface area contributed by atoms with Crippen LogP contribution in [0, 0.1) is 0 Å². The van der Waals surface area contributed by atoms with Crippen LogP contribution < -0.4 is 5.73 Å². The maximum Gasteiger partial charge on any atom is 0.325 e. The van der Waals surface area contributed by atoms with Gasteiger partial charge in [0, 0.05) is 0 Å². The normalized spacial score (nSPS) is 12.2. The molecule has 7 heteroatoms. The topological polar surface area (TPSA) is 104 Å². The fourth-order valence-electron chi connectivity index (χ4n) is 0.766. The van der Waals surface area contributed by atoms with Crippen LogP contribution in [0.4, 0.5) is 0 Å². The monoisotopic (exact) mass is 222 g/mol.